The first-order valence-electron chi connectivity index (χ1n) is 16.6. The van der Waals surface area contributed by atoms with Gasteiger partial charge in [-0.1, -0.05) is 67.7 Å². The van der Waals surface area contributed by atoms with Crippen LogP contribution in [0.4, 0.5) is 5.69 Å². The van der Waals surface area contributed by atoms with Crippen LogP contribution in [0, 0.1) is 5.92 Å². The van der Waals surface area contributed by atoms with Crippen molar-refractivity contribution in [2.24, 2.45) is 5.92 Å². The molecule has 2 aliphatic heterocycles. The Bertz CT molecular complexity index is 2080. The number of carbonyl (C=O) groups is 1. The lowest BCUT2D eigenvalue weighted by atomic mass is 9.82. The van der Waals surface area contributed by atoms with E-state index >= 15 is 0 Å². The van der Waals surface area contributed by atoms with Gasteiger partial charge in [-0.15, -0.1) is 0 Å². The number of carbonyl (C=O) groups excluding carboxylic acids is 1. The van der Waals surface area contributed by atoms with Crippen LogP contribution in [0.1, 0.15) is 24.5 Å². The van der Waals surface area contributed by atoms with E-state index in [-0.39, 0.29) is 35.6 Å². The normalized spacial score (nSPS) is 21.8. The van der Waals surface area contributed by atoms with E-state index in [4.69, 9.17) is 14.2 Å². The van der Waals surface area contributed by atoms with Crippen LogP contribution in [0.3, 0.4) is 0 Å². The van der Waals surface area contributed by atoms with E-state index in [1.807, 2.05) is 72.8 Å². The number of benzene rings is 4. The van der Waals surface area contributed by atoms with Crippen molar-refractivity contribution in [3.63, 3.8) is 0 Å². The van der Waals surface area contributed by atoms with Gasteiger partial charge in [0.05, 0.1) is 57.9 Å². The fraction of sp³-hybridized carbons (Fsp3) is 0.308. The Morgan fingerprint density at radius 1 is 0.918 bits per heavy atom. The maximum Gasteiger partial charge on any atom is 0.279 e. The van der Waals surface area contributed by atoms with Gasteiger partial charge in [-0.2, -0.15) is 9.78 Å². The summed E-state index contributed by atoms with van der Waals surface area (Å²) in [7, 11) is 0.985. The van der Waals surface area contributed by atoms with Gasteiger partial charge < -0.3 is 24.2 Å². The fourth-order valence-corrected chi connectivity index (χ4v) is 12.2. The van der Waals surface area contributed by atoms with Gasteiger partial charge in [-0.3, -0.25) is 9.59 Å². The number of ether oxygens (including phenoxy) is 3. The van der Waals surface area contributed by atoms with Crippen LogP contribution in [-0.2, 0) is 21.7 Å². The van der Waals surface area contributed by atoms with Crippen molar-refractivity contribution in [3.05, 3.63) is 119 Å². The number of methoxy groups -OCH3 is 2. The van der Waals surface area contributed by atoms with E-state index < -0.39 is 13.7 Å². The van der Waals surface area contributed by atoms with Gasteiger partial charge in [0.25, 0.3) is 11.5 Å². The summed E-state index contributed by atoms with van der Waals surface area (Å²) in [4.78, 5) is 29.9. The van der Waals surface area contributed by atoms with Crippen molar-refractivity contribution in [1.29, 1.82) is 0 Å². The van der Waals surface area contributed by atoms with Gasteiger partial charge >= 0.3 is 0 Å². The summed E-state index contributed by atoms with van der Waals surface area (Å²) in [6, 6.07) is 28.9. The van der Waals surface area contributed by atoms with Gasteiger partial charge in [-0.05, 0) is 66.1 Å². The van der Waals surface area contributed by atoms with Gasteiger partial charge in [-0.25, -0.2) is 0 Å². The Morgan fingerprint density at radius 3 is 2.31 bits per heavy atom. The predicted octanol–water partition coefficient (Wildman–Crippen LogP) is 5.55. The first-order chi connectivity index (χ1) is 23.6. The molecular formula is C39H41N3O6Si. The largest absolute Gasteiger partial charge is 0.497 e. The van der Waals surface area contributed by atoms with Crippen LogP contribution in [0.15, 0.2) is 102 Å². The Kier molecular flexibility index (Phi) is 8.42. The molecule has 0 unspecified atom stereocenters. The third-order valence-electron chi connectivity index (χ3n) is 10.7. The predicted molar refractivity (Wildman–Crippen MR) is 193 cm³/mol. The van der Waals surface area contributed by atoms with E-state index in [0.717, 1.165) is 28.0 Å². The molecule has 1 spiro atoms. The van der Waals surface area contributed by atoms with Crippen molar-refractivity contribution in [1.82, 2.24) is 9.78 Å². The summed E-state index contributed by atoms with van der Waals surface area (Å²) >= 11 is 0. The summed E-state index contributed by atoms with van der Waals surface area (Å²) in [6.45, 7) is 7.05. The van der Waals surface area contributed by atoms with Crippen molar-refractivity contribution in [2.75, 3.05) is 25.7 Å². The van der Waals surface area contributed by atoms with Crippen molar-refractivity contribution >= 4 is 35.6 Å². The zero-order valence-corrected chi connectivity index (χ0v) is 29.4. The smallest absolute Gasteiger partial charge is 0.279 e. The molecule has 252 valence electrons. The highest BCUT2D eigenvalue weighted by molar-refractivity contribution is 6.91. The van der Waals surface area contributed by atoms with Crippen LogP contribution >= 0.6 is 0 Å². The molecule has 1 amide bonds. The second-order valence-corrected chi connectivity index (χ2v) is 18.2. The molecule has 0 radical (unpaired) electrons. The number of amides is 1. The molecule has 10 heteroatoms. The third kappa shape index (κ3) is 5.26. The molecule has 1 saturated heterocycles. The molecule has 49 heavy (non-hydrogen) atoms. The maximum atomic E-state index is 14.9. The first-order valence-corrected chi connectivity index (χ1v) is 19.7. The molecule has 4 atom stereocenters. The number of hydrogen-bond donors (Lipinski definition) is 1. The van der Waals surface area contributed by atoms with Crippen LogP contribution in [0.5, 0.6) is 11.5 Å². The quantitative estimate of drug-likeness (QED) is 0.205. The van der Waals surface area contributed by atoms with E-state index in [1.165, 1.54) is 9.87 Å². The molecular weight excluding hydrogens is 635 g/mol. The van der Waals surface area contributed by atoms with Crippen LogP contribution in [0.2, 0.25) is 18.6 Å². The highest BCUT2D eigenvalue weighted by Crippen LogP contribution is 2.60. The Labute approximate surface area is 286 Å². The topological polar surface area (TPSA) is 103 Å². The molecule has 3 heterocycles. The number of fused-ring (bicyclic) bond motifs is 3. The molecule has 2 aliphatic rings. The molecule has 0 aliphatic carbocycles. The van der Waals surface area contributed by atoms with Crippen molar-refractivity contribution < 1.29 is 24.1 Å². The average Bonchev–Trinajstić information content (AvgIpc) is 3.55. The SMILES string of the molecule is COc1ccc([Si](C)(C)[C@@H]2[C@@H](CCO)O[C@]3(C(=O)N(Cc4ccc(-n5ncc6ccccc6c5=O)cc4)c4ccc(OC)cc43)[C@H]2C)cc1. The minimum Gasteiger partial charge on any atom is -0.497 e. The molecule has 7 rings (SSSR count). The Hall–Kier alpha value is -4.77. The minimum atomic E-state index is -2.30. The van der Waals surface area contributed by atoms with Crippen molar-refractivity contribution in [3.8, 4) is 17.2 Å². The van der Waals surface area contributed by atoms with E-state index in [2.05, 4.69) is 37.2 Å². The molecule has 0 bridgehead atoms. The summed E-state index contributed by atoms with van der Waals surface area (Å²) in [5.74, 6) is 1.13. The van der Waals surface area contributed by atoms with E-state index in [9.17, 15) is 14.7 Å². The number of aliphatic hydroxyl groups is 1. The number of anilines is 1. The van der Waals surface area contributed by atoms with Gasteiger partial charge in [0, 0.05) is 23.5 Å². The highest BCUT2D eigenvalue weighted by Gasteiger charge is 2.66. The molecule has 1 aromatic heterocycles. The molecule has 0 saturated carbocycles. The number of nitrogens with zero attached hydrogens (tertiary/aromatic N) is 3. The van der Waals surface area contributed by atoms with Gasteiger partial charge in [0.15, 0.2) is 5.60 Å². The summed E-state index contributed by atoms with van der Waals surface area (Å²) in [5.41, 5.74) is 1.70. The maximum absolute atomic E-state index is 14.9. The zero-order valence-electron chi connectivity index (χ0n) is 28.4. The fourth-order valence-electron chi connectivity index (χ4n) is 8.17. The standard InChI is InChI=1S/C39H41N3O6Si/c1-25-36(49(4,5)31-17-14-29(46-2)15-18-31)35(20-21-43)48-39(25)33-22-30(47-3)16-19-34(33)41(38(39)45)24-26-10-12-28(13-11-26)42-37(44)32-9-7-6-8-27(32)23-40-42/h6-19,22-23,25,35-36,43H,20-21,24H2,1-5H3/t25-,35+,36-,39+/m0/s1. The molecule has 1 fully saturated rings. The lowest BCUT2D eigenvalue weighted by Gasteiger charge is -2.37. The van der Waals surface area contributed by atoms with Crippen molar-refractivity contribution in [2.45, 2.75) is 50.2 Å². The van der Waals surface area contributed by atoms with E-state index in [1.54, 1.807) is 31.4 Å². The number of aliphatic hydroxyl groups excluding tert-OH is 1. The lowest BCUT2D eigenvalue weighted by Crippen LogP contribution is -2.51. The number of hydrogen-bond acceptors (Lipinski definition) is 7. The van der Waals surface area contributed by atoms with Crippen LogP contribution in [0.25, 0.3) is 16.5 Å². The molecule has 9 nitrogen and oxygen atoms in total. The molecule has 4 aromatic carbocycles. The van der Waals surface area contributed by atoms with Crippen LogP contribution < -0.4 is 25.1 Å². The summed E-state index contributed by atoms with van der Waals surface area (Å²) < 4.78 is 19.5. The third-order valence-corrected chi connectivity index (χ3v) is 15.0. The lowest BCUT2D eigenvalue weighted by molar-refractivity contribution is -0.146. The summed E-state index contributed by atoms with van der Waals surface area (Å²) in [6.07, 6.45) is 1.80. The minimum absolute atomic E-state index is 0.0306. The molecule has 1 N–H and O–H groups in total. The Morgan fingerprint density at radius 2 is 1.61 bits per heavy atom. The molecule has 5 aromatic rings. The number of aromatic nitrogens is 2. The van der Waals surface area contributed by atoms with E-state index in [0.29, 0.717) is 29.8 Å². The number of rotatable bonds is 9. The monoisotopic (exact) mass is 675 g/mol. The summed E-state index contributed by atoms with van der Waals surface area (Å²) in [5, 5.41) is 17.2. The zero-order chi connectivity index (χ0) is 34.5. The second-order valence-electron chi connectivity index (χ2n) is 13.6. The van der Waals surface area contributed by atoms with Crippen LogP contribution in [-0.4, -0.2) is 55.8 Å². The van der Waals surface area contributed by atoms with Gasteiger partial charge in [0.1, 0.15) is 11.5 Å². The van der Waals surface area contributed by atoms with Gasteiger partial charge in [0.2, 0.25) is 0 Å². The second kappa shape index (κ2) is 12.6. The average molecular weight is 676 g/mol. The highest BCUT2D eigenvalue weighted by atomic mass is 28.3. The first kappa shape index (κ1) is 32.8. The Balaban J connectivity index is 1.25.